The summed E-state index contributed by atoms with van der Waals surface area (Å²) in [5.74, 6) is 0. The summed E-state index contributed by atoms with van der Waals surface area (Å²) in [5.41, 5.74) is 4.41. The molecule has 0 bridgehead atoms. The van der Waals surface area contributed by atoms with Crippen LogP contribution in [0.3, 0.4) is 0 Å². The molecule has 1 saturated heterocycles. The number of ether oxygens (including phenoxy) is 5. The second kappa shape index (κ2) is 14.9. The summed E-state index contributed by atoms with van der Waals surface area (Å²) in [6.45, 7) is 4.29. The molecule has 0 spiro atoms. The molecule has 5 rings (SSSR count). The van der Waals surface area contributed by atoms with Gasteiger partial charge in [0.2, 0.25) is 0 Å². The lowest BCUT2D eigenvalue weighted by Gasteiger charge is -2.45. The van der Waals surface area contributed by atoms with Crippen LogP contribution in [0.2, 0.25) is 0 Å². The Bertz CT molecular complexity index is 1240. The van der Waals surface area contributed by atoms with E-state index in [0.717, 1.165) is 22.3 Å². The lowest BCUT2D eigenvalue weighted by atomic mass is 9.94. The van der Waals surface area contributed by atoms with E-state index in [9.17, 15) is 0 Å². The molecule has 0 saturated carbocycles. The van der Waals surface area contributed by atoms with Crippen molar-refractivity contribution in [1.29, 1.82) is 0 Å². The van der Waals surface area contributed by atoms with Gasteiger partial charge in [0.05, 0.1) is 39.1 Å². The van der Waals surface area contributed by atoms with Crippen LogP contribution >= 0.6 is 0 Å². The minimum absolute atomic E-state index is 0.216. The van der Waals surface area contributed by atoms with Crippen molar-refractivity contribution in [2.24, 2.45) is 0 Å². The molecule has 208 valence electrons. The van der Waals surface area contributed by atoms with Crippen LogP contribution in [0.25, 0.3) is 0 Å². The average molecular weight is 539 g/mol. The molecule has 1 heterocycles. The van der Waals surface area contributed by atoms with Crippen LogP contribution in [0.1, 0.15) is 29.2 Å². The van der Waals surface area contributed by atoms with Crippen molar-refractivity contribution in [3.8, 4) is 0 Å². The maximum Gasteiger partial charge on any atom is 0.115 e. The van der Waals surface area contributed by atoms with Crippen LogP contribution in [0.4, 0.5) is 0 Å². The van der Waals surface area contributed by atoms with Gasteiger partial charge in [-0.2, -0.15) is 0 Å². The largest absolute Gasteiger partial charge is 0.374 e. The van der Waals surface area contributed by atoms with Gasteiger partial charge in [-0.15, -0.1) is 0 Å². The monoisotopic (exact) mass is 538 g/mol. The summed E-state index contributed by atoms with van der Waals surface area (Å²) < 4.78 is 32.5. The SMILES string of the molecule is C[C@@H]1OC(COCc2ccccc2)[C@H](OCc2ccccc2)[C@@H](OCc2ccccc2)C1OCc1ccccc1. The first-order valence-corrected chi connectivity index (χ1v) is 14.0. The van der Waals surface area contributed by atoms with E-state index < -0.39 is 6.10 Å². The number of rotatable bonds is 13. The Kier molecular flexibility index (Phi) is 10.5. The van der Waals surface area contributed by atoms with Crippen molar-refractivity contribution in [2.45, 2.75) is 63.9 Å². The van der Waals surface area contributed by atoms with Crippen LogP contribution < -0.4 is 0 Å². The molecular formula is C35H38O5. The highest BCUT2D eigenvalue weighted by molar-refractivity contribution is 5.16. The van der Waals surface area contributed by atoms with Crippen molar-refractivity contribution < 1.29 is 23.7 Å². The standard InChI is InChI=1S/C35H38O5/c1-27-33(37-23-29-16-8-3-9-17-29)35(39-25-31-20-12-5-13-21-31)34(38-24-30-18-10-4-11-19-30)32(40-27)26-36-22-28-14-6-2-7-15-28/h2-21,27,32-35H,22-26H2,1H3/t27-,32?,33?,34-,35-/m0/s1. The molecule has 5 nitrogen and oxygen atoms in total. The molecule has 4 aromatic carbocycles. The van der Waals surface area contributed by atoms with Gasteiger partial charge in [0.15, 0.2) is 0 Å². The molecule has 4 aromatic rings. The highest BCUT2D eigenvalue weighted by Crippen LogP contribution is 2.30. The van der Waals surface area contributed by atoms with Crippen molar-refractivity contribution in [3.05, 3.63) is 144 Å². The van der Waals surface area contributed by atoms with E-state index in [0.29, 0.717) is 33.0 Å². The molecule has 1 aliphatic rings. The molecule has 5 heteroatoms. The van der Waals surface area contributed by atoms with Crippen LogP contribution in [-0.2, 0) is 50.1 Å². The van der Waals surface area contributed by atoms with Crippen LogP contribution in [-0.4, -0.2) is 37.1 Å². The summed E-state index contributed by atoms with van der Waals surface area (Å²) in [6, 6.07) is 40.8. The Morgan fingerprint density at radius 3 is 1.30 bits per heavy atom. The zero-order chi connectivity index (χ0) is 27.4. The molecule has 1 fully saturated rings. The van der Waals surface area contributed by atoms with Gasteiger partial charge in [0, 0.05) is 0 Å². The summed E-state index contributed by atoms with van der Waals surface area (Å²) >= 11 is 0. The van der Waals surface area contributed by atoms with Gasteiger partial charge < -0.3 is 23.7 Å². The van der Waals surface area contributed by atoms with Crippen molar-refractivity contribution >= 4 is 0 Å². The van der Waals surface area contributed by atoms with Gasteiger partial charge in [0.1, 0.15) is 24.4 Å². The summed E-state index contributed by atoms with van der Waals surface area (Å²) in [7, 11) is 0. The normalized spacial score (nSPS) is 22.7. The summed E-state index contributed by atoms with van der Waals surface area (Å²) in [6.07, 6.45) is -1.61. The van der Waals surface area contributed by atoms with Crippen LogP contribution in [0, 0.1) is 0 Å². The molecule has 0 amide bonds. The Balaban J connectivity index is 1.36. The van der Waals surface area contributed by atoms with Crippen molar-refractivity contribution in [3.63, 3.8) is 0 Å². The van der Waals surface area contributed by atoms with E-state index in [1.54, 1.807) is 0 Å². The smallest absolute Gasteiger partial charge is 0.115 e. The zero-order valence-electron chi connectivity index (χ0n) is 23.0. The fourth-order valence-electron chi connectivity index (χ4n) is 5.02. The fourth-order valence-corrected chi connectivity index (χ4v) is 5.02. The van der Waals surface area contributed by atoms with E-state index in [4.69, 9.17) is 23.7 Å². The van der Waals surface area contributed by atoms with Gasteiger partial charge >= 0.3 is 0 Å². The Morgan fingerprint density at radius 2 is 0.850 bits per heavy atom. The molecule has 0 aromatic heterocycles. The first-order chi connectivity index (χ1) is 19.8. The molecule has 2 unspecified atom stereocenters. The summed E-state index contributed by atoms with van der Waals surface area (Å²) in [5, 5.41) is 0. The van der Waals surface area contributed by atoms with Gasteiger partial charge in [0.25, 0.3) is 0 Å². The Morgan fingerprint density at radius 1 is 0.475 bits per heavy atom. The lowest BCUT2D eigenvalue weighted by Crippen LogP contribution is -2.60. The Labute approximate surface area is 237 Å². The van der Waals surface area contributed by atoms with E-state index in [-0.39, 0.29) is 24.4 Å². The lowest BCUT2D eigenvalue weighted by molar-refractivity contribution is -0.269. The van der Waals surface area contributed by atoms with E-state index >= 15 is 0 Å². The molecule has 0 aliphatic carbocycles. The third-order valence-electron chi connectivity index (χ3n) is 7.12. The van der Waals surface area contributed by atoms with Gasteiger partial charge in [-0.25, -0.2) is 0 Å². The minimum Gasteiger partial charge on any atom is -0.374 e. The van der Waals surface area contributed by atoms with Gasteiger partial charge in [-0.3, -0.25) is 0 Å². The maximum absolute atomic E-state index is 6.65. The van der Waals surface area contributed by atoms with Crippen molar-refractivity contribution in [2.75, 3.05) is 6.61 Å². The quantitative estimate of drug-likeness (QED) is 0.189. The number of benzene rings is 4. The highest BCUT2D eigenvalue weighted by Gasteiger charge is 2.46. The fraction of sp³-hybridized carbons (Fsp3) is 0.314. The third-order valence-corrected chi connectivity index (χ3v) is 7.12. The first kappa shape index (κ1) is 28.2. The summed E-state index contributed by atoms with van der Waals surface area (Å²) in [4.78, 5) is 0. The molecule has 5 atom stereocenters. The van der Waals surface area contributed by atoms with Crippen molar-refractivity contribution in [1.82, 2.24) is 0 Å². The Hall–Kier alpha value is -3.32. The van der Waals surface area contributed by atoms with E-state index in [1.165, 1.54) is 0 Å². The minimum atomic E-state index is -0.392. The molecule has 40 heavy (non-hydrogen) atoms. The topological polar surface area (TPSA) is 46.2 Å². The molecule has 1 aliphatic heterocycles. The molecule has 0 radical (unpaired) electrons. The predicted octanol–water partition coefficient (Wildman–Crippen LogP) is 6.75. The van der Waals surface area contributed by atoms with E-state index in [2.05, 4.69) is 48.5 Å². The van der Waals surface area contributed by atoms with Crippen LogP contribution in [0.15, 0.2) is 121 Å². The van der Waals surface area contributed by atoms with E-state index in [1.807, 2.05) is 79.7 Å². The molecule has 0 N–H and O–H groups in total. The predicted molar refractivity (Wildman–Crippen MR) is 155 cm³/mol. The van der Waals surface area contributed by atoms with Gasteiger partial charge in [-0.1, -0.05) is 121 Å². The van der Waals surface area contributed by atoms with Crippen LogP contribution in [0.5, 0.6) is 0 Å². The second-order valence-corrected chi connectivity index (χ2v) is 10.2. The first-order valence-electron chi connectivity index (χ1n) is 14.0. The zero-order valence-corrected chi connectivity index (χ0v) is 23.0. The maximum atomic E-state index is 6.65. The number of hydrogen-bond acceptors (Lipinski definition) is 5. The average Bonchev–Trinajstić information content (AvgIpc) is 3.01. The highest BCUT2D eigenvalue weighted by atomic mass is 16.6. The van der Waals surface area contributed by atoms with Gasteiger partial charge in [-0.05, 0) is 29.2 Å². The molecular weight excluding hydrogens is 500 g/mol. The third kappa shape index (κ3) is 8.10. The number of hydrogen-bond donors (Lipinski definition) is 0. The second-order valence-electron chi connectivity index (χ2n) is 10.2.